The van der Waals surface area contributed by atoms with E-state index in [1.54, 1.807) is 72.7 Å². The van der Waals surface area contributed by atoms with Gasteiger partial charge in [0, 0.05) is 30.4 Å². The second-order valence-corrected chi connectivity index (χ2v) is 8.84. The Balaban J connectivity index is 1.34. The van der Waals surface area contributed by atoms with Crippen molar-refractivity contribution >= 4 is 17.6 Å². The summed E-state index contributed by atoms with van der Waals surface area (Å²) in [4.78, 5) is 27.4. The number of carbonyl (C=O) groups excluding carboxylic acids is 2. The van der Waals surface area contributed by atoms with E-state index in [0.717, 1.165) is 5.56 Å². The van der Waals surface area contributed by atoms with Crippen LogP contribution in [0.5, 0.6) is 11.5 Å². The number of nitrogens with zero attached hydrogens (tertiary/aromatic N) is 1. The van der Waals surface area contributed by atoms with Crippen LogP contribution in [0.25, 0.3) is 0 Å². The lowest BCUT2D eigenvalue weighted by Crippen LogP contribution is -2.50. The molecule has 9 heteroatoms. The van der Waals surface area contributed by atoms with Crippen molar-refractivity contribution in [2.75, 3.05) is 25.5 Å². The highest BCUT2D eigenvalue weighted by molar-refractivity contribution is 5.94. The molecule has 1 aliphatic heterocycles. The Hall–Kier alpha value is -4.11. The van der Waals surface area contributed by atoms with Crippen molar-refractivity contribution in [1.82, 2.24) is 10.2 Å². The summed E-state index contributed by atoms with van der Waals surface area (Å²) in [6.07, 6.45) is 0.292. The van der Waals surface area contributed by atoms with Gasteiger partial charge in [-0.15, -0.1) is 0 Å². The van der Waals surface area contributed by atoms with Crippen LogP contribution in [0.1, 0.15) is 28.8 Å². The molecule has 0 saturated carbocycles. The summed E-state index contributed by atoms with van der Waals surface area (Å²) in [5.74, 6) is 0.527. The molecule has 0 aromatic heterocycles. The van der Waals surface area contributed by atoms with Gasteiger partial charge in [-0.25, -0.2) is 9.18 Å². The number of amides is 3. The van der Waals surface area contributed by atoms with Gasteiger partial charge in [0.1, 0.15) is 23.9 Å². The predicted octanol–water partition coefficient (Wildman–Crippen LogP) is 4.20. The van der Waals surface area contributed by atoms with Crippen molar-refractivity contribution < 1.29 is 28.6 Å². The average Bonchev–Trinajstić information content (AvgIpc) is 3.10. The fourth-order valence-corrected chi connectivity index (χ4v) is 4.07. The third kappa shape index (κ3) is 7.20. The van der Waals surface area contributed by atoms with Crippen LogP contribution in [0.4, 0.5) is 14.9 Å². The van der Waals surface area contributed by atoms with Crippen molar-refractivity contribution in [2.45, 2.75) is 31.6 Å². The molecule has 8 nitrogen and oxygen atoms in total. The molecule has 3 amide bonds. The van der Waals surface area contributed by atoms with Gasteiger partial charge in [0.05, 0.1) is 19.3 Å². The number of urea groups is 1. The lowest BCUT2D eigenvalue weighted by atomic mass is 10.1. The smallest absolute Gasteiger partial charge is 0.321 e. The molecule has 1 aliphatic rings. The van der Waals surface area contributed by atoms with Crippen molar-refractivity contribution in [3.8, 4) is 11.5 Å². The SMILES string of the molecule is COc1cccc(NC(=O)N2CCCC(O)C(NC(=O)c3ccc(OCc4ccc(F)cc4)cc3)C2)c1. The van der Waals surface area contributed by atoms with Crippen molar-refractivity contribution in [2.24, 2.45) is 0 Å². The molecular formula is C28H30FN3O5. The number of ether oxygens (including phenoxy) is 2. The minimum Gasteiger partial charge on any atom is -0.497 e. The van der Waals surface area contributed by atoms with E-state index in [1.807, 2.05) is 0 Å². The summed E-state index contributed by atoms with van der Waals surface area (Å²) >= 11 is 0. The Morgan fingerprint density at radius 2 is 1.81 bits per heavy atom. The zero-order valence-corrected chi connectivity index (χ0v) is 20.5. The number of nitrogens with one attached hydrogen (secondary N) is 2. The molecule has 0 bridgehead atoms. The van der Waals surface area contributed by atoms with E-state index in [0.29, 0.717) is 42.1 Å². The van der Waals surface area contributed by atoms with Gasteiger partial charge in [-0.2, -0.15) is 0 Å². The van der Waals surface area contributed by atoms with E-state index >= 15 is 0 Å². The number of methoxy groups -OCH3 is 1. The van der Waals surface area contributed by atoms with Crippen LogP contribution >= 0.6 is 0 Å². The number of aliphatic hydroxyl groups is 1. The number of rotatable bonds is 7. The lowest BCUT2D eigenvalue weighted by molar-refractivity contribution is 0.0811. The summed E-state index contributed by atoms with van der Waals surface area (Å²) in [6.45, 7) is 0.897. The van der Waals surface area contributed by atoms with Crippen LogP contribution < -0.4 is 20.1 Å². The third-order valence-electron chi connectivity index (χ3n) is 6.17. The average molecular weight is 508 g/mol. The van der Waals surface area contributed by atoms with Gasteiger partial charge in [0.25, 0.3) is 5.91 Å². The Morgan fingerprint density at radius 3 is 2.54 bits per heavy atom. The van der Waals surface area contributed by atoms with Crippen molar-refractivity contribution in [3.63, 3.8) is 0 Å². The van der Waals surface area contributed by atoms with Gasteiger partial charge in [0.15, 0.2) is 0 Å². The van der Waals surface area contributed by atoms with E-state index in [9.17, 15) is 19.1 Å². The molecule has 3 aromatic rings. The van der Waals surface area contributed by atoms with E-state index in [1.165, 1.54) is 12.1 Å². The van der Waals surface area contributed by atoms with Gasteiger partial charge in [-0.1, -0.05) is 18.2 Å². The van der Waals surface area contributed by atoms with Gasteiger partial charge in [0.2, 0.25) is 0 Å². The topological polar surface area (TPSA) is 100 Å². The summed E-state index contributed by atoms with van der Waals surface area (Å²) < 4.78 is 23.9. The van der Waals surface area contributed by atoms with Crippen LogP contribution in [0.3, 0.4) is 0 Å². The molecule has 0 spiro atoms. The molecule has 1 heterocycles. The predicted molar refractivity (Wildman–Crippen MR) is 137 cm³/mol. The second kappa shape index (κ2) is 12.2. The standard InChI is InChI=1S/C28H30FN3O5/c1-36-24-5-2-4-22(16-24)30-28(35)32-15-3-6-26(33)25(17-32)31-27(34)20-9-13-23(14-10-20)37-18-19-7-11-21(29)12-8-19/h2,4-5,7-14,16,25-26,33H,3,6,15,17-18H2,1H3,(H,30,35)(H,31,34). The van der Waals surface area contributed by atoms with Gasteiger partial charge >= 0.3 is 6.03 Å². The second-order valence-electron chi connectivity index (χ2n) is 8.84. The van der Waals surface area contributed by atoms with Crippen LogP contribution in [0, 0.1) is 5.82 Å². The molecule has 1 fully saturated rings. The molecule has 0 radical (unpaired) electrons. The molecular weight excluding hydrogens is 477 g/mol. The molecule has 1 saturated heterocycles. The van der Waals surface area contributed by atoms with E-state index < -0.39 is 12.1 Å². The summed E-state index contributed by atoms with van der Waals surface area (Å²) in [5, 5.41) is 16.3. The third-order valence-corrected chi connectivity index (χ3v) is 6.17. The van der Waals surface area contributed by atoms with Gasteiger partial charge in [-0.3, -0.25) is 4.79 Å². The number of aliphatic hydroxyl groups excluding tert-OH is 1. The highest BCUT2D eigenvalue weighted by Gasteiger charge is 2.29. The minimum atomic E-state index is -0.781. The lowest BCUT2D eigenvalue weighted by Gasteiger charge is -2.27. The van der Waals surface area contributed by atoms with Crippen LogP contribution in [0.2, 0.25) is 0 Å². The molecule has 194 valence electrons. The molecule has 2 unspecified atom stereocenters. The minimum absolute atomic E-state index is 0.168. The number of likely N-dealkylation sites (tertiary alicyclic amines) is 1. The zero-order chi connectivity index (χ0) is 26.2. The highest BCUT2D eigenvalue weighted by Crippen LogP contribution is 2.19. The Labute approximate surface area is 215 Å². The number of hydrogen-bond acceptors (Lipinski definition) is 5. The first-order valence-electron chi connectivity index (χ1n) is 12.1. The Bertz CT molecular complexity index is 1200. The number of hydrogen-bond donors (Lipinski definition) is 3. The fourth-order valence-electron chi connectivity index (χ4n) is 4.07. The summed E-state index contributed by atoms with van der Waals surface area (Å²) in [5.41, 5.74) is 1.82. The highest BCUT2D eigenvalue weighted by atomic mass is 19.1. The van der Waals surface area contributed by atoms with Crippen LogP contribution in [-0.4, -0.2) is 54.3 Å². The molecule has 3 aromatic carbocycles. The maximum absolute atomic E-state index is 13.0. The summed E-state index contributed by atoms with van der Waals surface area (Å²) in [6, 6.07) is 18.8. The fraction of sp³-hybridized carbons (Fsp3) is 0.286. The van der Waals surface area contributed by atoms with Crippen LogP contribution in [-0.2, 0) is 6.61 Å². The molecule has 37 heavy (non-hydrogen) atoms. The van der Waals surface area contributed by atoms with Gasteiger partial charge in [-0.05, 0) is 66.9 Å². The molecule has 2 atom stereocenters. The number of carbonyl (C=O) groups is 2. The number of benzene rings is 3. The molecule has 0 aliphatic carbocycles. The summed E-state index contributed by atoms with van der Waals surface area (Å²) in [7, 11) is 1.55. The first kappa shape index (κ1) is 26.0. The monoisotopic (exact) mass is 507 g/mol. The van der Waals surface area contributed by atoms with Crippen molar-refractivity contribution in [1.29, 1.82) is 0 Å². The van der Waals surface area contributed by atoms with Crippen molar-refractivity contribution in [3.05, 3.63) is 89.7 Å². The Kier molecular flexibility index (Phi) is 8.58. The first-order valence-corrected chi connectivity index (χ1v) is 12.1. The van der Waals surface area contributed by atoms with E-state index in [2.05, 4.69) is 10.6 Å². The number of halogens is 1. The van der Waals surface area contributed by atoms with E-state index in [-0.39, 0.29) is 30.9 Å². The molecule has 3 N–H and O–H groups in total. The van der Waals surface area contributed by atoms with Gasteiger partial charge < -0.3 is 30.1 Å². The maximum atomic E-state index is 13.0. The van der Waals surface area contributed by atoms with Crippen LogP contribution in [0.15, 0.2) is 72.8 Å². The number of anilines is 1. The maximum Gasteiger partial charge on any atom is 0.321 e. The normalized spacial score (nSPS) is 17.4. The Morgan fingerprint density at radius 1 is 1.05 bits per heavy atom. The first-order chi connectivity index (χ1) is 17.9. The van der Waals surface area contributed by atoms with E-state index in [4.69, 9.17) is 9.47 Å². The zero-order valence-electron chi connectivity index (χ0n) is 20.5. The molecule has 4 rings (SSSR count). The largest absolute Gasteiger partial charge is 0.497 e. The quantitative estimate of drug-likeness (QED) is 0.445.